The zero-order valence-electron chi connectivity index (χ0n) is 7.81. The van der Waals surface area contributed by atoms with Crippen molar-refractivity contribution in [2.75, 3.05) is 0 Å². The highest BCUT2D eigenvalue weighted by molar-refractivity contribution is 9.10. The molecule has 0 atom stereocenters. The van der Waals surface area contributed by atoms with Crippen molar-refractivity contribution in [3.05, 3.63) is 40.6 Å². The van der Waals surface area contributed by atoms with E-state index in [1.165, 1.54) is 5.56 Å². The highest BCUT2D eigenvalue weighted by Gasteiger charge is 2.02. The van der Waals surface area contributed by atoms with Gasteiger partial charge in [0.2, 0.25) is 0 Å². The Bertz CT molecular complexity index is 423. The van der Waals surface area contributed by atoms with Crippen molar-refractivity contribution in [3.63, 3.8) is 0 Å². The SMILES string of the molecule is CCc1ccc(-n2ccnn2)c(Br)c1. The van der Waals surface area contributed by atoms with E-state index in [0.717, 1.165) is 16.6 Å². The molecule has 0 spiro atoms. The van der Waals surface area contributed by atoms with Crippen LogP contribution in [-0.4, -0.2) is 15.0 Å². The summed E-state index contributed by atoms with van der Waals surface area (Å²) in [6.07, 6.45) is 4.53. The van der Waals surface area contributed by atoms with E-state index in [4.69, 9.17) is 0 Å². The molecule has 0 amide bonds. The first kappa shape index (κ1) is 9.40. The van der Waals surface area contributed by atoms with Gasteiger partial charge in [-0.25, -0.2) is 4.68 Å². The third-order valence-corrected chi connectivity index (χ3v) is 2.72. The van der Waals surface area contributed by atoms with E-state index in [-0.39, 0.29) is 0 Å². The lowest BCUT2D eigenvalue weighted by molar-refractivity contribution is 0.799. The Balaban J connectivity index is 2.46. The van der Waals surface area contributed by atoms with E-state index >= 15 is 0 Å². The molecular formula is C10H10BrN3. The van der Waals surface area contributed by atoms with Crippen LogP contribution in [0, 0.1) is 0 Å². The van der Waals surface area contributed by atoms with Crippen molar-refractivity contribution in [2.45, 2.75) is 13.3 Å². The molecule has 0 aliphatic rings. The summed E-state index contributed by atoms with van der Waals surface area (Å²) < 4.78 is 2.78. The monoisotopic (exact) mass is 251 g/mol. The highest BCUT2D eigenvalue weighted by Crippen LogP contribution is 2.21. The third-order valence-electron chi connectivity index (χ3n) is 2.09. The Hall–Kier alpha value is -1.16. The molecule has 0 aliphatic carbocycles. The number of hydrogen-bond acceptors (Lipinski definition) is 2. The first-order chi connectivity index (χ1) is 6.81. The molecular weight excluding hydrogens is 242 g/mol. The molecule has 1 heterocycles. The van der Waals surface area contributed by atoms with Crippen LogP contribution in [0.3, 0.4) is 0 Å². The Morgan fingerprint density at radius 1 is 1.43 bits per heavy atom. The van der Waals surface area contributed by atoms with Crippen LogP contribution in [0.25, 0.3) is 5.69 Å². The van der Waals surface area contributed by atoms with Gasteiger partial charge in [-0.3, -0.25) is 0 Å². The van der Waals surface area contributed by atoms with Gasteiger partial charge in [-0.1, -0.05) is 18.2 Å². The number of aromatic nitrogens is 3. The molecule has 0 bridgehead atoms. The molecule has 0 aliphatic heterocycles. The maximum Gasteiger partial charge on any atom is 0.0805 e. The van der Waals surface area contributed by atoms with Crippen molar-refractivity contribution in [1.82, 2.24) is 15.0 Å². The highest BCUT2D eigenvalue weighted by atomic mass is 79.9. The predicted molar refractivity (Wildman–Crippen MR) is 58.4 cm³/mol. The summed E-state index contributed by atoms with van der Waals surface area (Å²) >= 11 is 3.52. The van der Waals surface area contributed by atoms with Crippen LogP contribution in [-0.2, 0) is 6.42 Å². The molecule has 0 saturated heterocycles. The van der Waals surface area contributed by atoms with Crippen LogP contribution in [0.1, 0.15) is 12.5 Å². The maximum atomic E-state index is 3.94. The molecule has 72 valence electrons. The third kappa shape index (κ3) is 1.70. The molecule has 2 rings (SSSR count). The average molecular weight is 252 g/mol. The lowest BCUT2D eigenvalue weighted by atomic mass is 10.1. The minimum atomic E-state index is 1.01. The fraction of sp³-hybridized carbons (Fsp3) is 0.200. The van der Waals surface area contributed by atoms with Gasteiger partial charge in [0.25, 0.3) is 0 Å². The quantitative estimate of drug-likeness (QED) is 0.822. The molecule has 0 fully saturated rings. The first-order valence-corrected chi connectivity index (χ1v) is 5.25. The molecule has 1 aromatic heterocycles. The van der Waals surface area contributed by atoms with Crippen molar-refractivity contribution >= 4 is 15.9 Å². The number of nitrogens with zero attached hydrogens (tertiary/aromatic N) is 3. The van der Waals surface area contributed by atoms with Gasteiger partial charge in [-0.05, 0) is 40.0 Å². The summed E-state index contributed by atoms with van der Waals surface area (Å²) in [5.74, 6) is 0. The molecule has 14 heavy (non-hydrogen) atoms. The fourth-order valence-corrected chi connectivity index (χ4v) is 1.90. The molecule has 2 aromatic rings. The standard InChI is InChI=1S/C10H10BrN3/c1-2-8-3-4-10(9(11)7-8)14-6-5-12-13-14/h3-7H,2H2,1H3. The van der Waals surface area contributed by atoms with E-state index in [0.29, 0.717) is 0 Å². The van der Waals surface area contributed by atoms with Gasteiger partial charge in [0.1, 0.15) is 0 Å². The second kappa shape index (κ2) is 3.92. The number of hydrogen-bond donors (Lipinski definition) is 0. The summed E-state index contributed by atoms with van der Waals surface area (Å²) in [4.78, 5) is 0. The lowest BCUT2D eigenvalue weighted by Gasteiger charge is -2.05. The smallest absolute Gasteiger partial charge is 0.0805 e. The fourth-order valence-electron chi connectivity index (χ4n) is 1.29. The van der Waals surface area contributed by atoms with Crippen molar-refractivity contribution in [3.8, 4) is 5.69 Å². The Morgan fingerprint density at radius 2 is 2.29 bits per heavy atom. The molecule has 0 radical (unpaired) electrons. The van der Waals surface area contributed by atoms with E-state index < -0.39 is 0 Å². The first-order valence-electron chi connectivity index (χ1n) is 4.46. The van der Waals surface area contributed by atoms with Crippen LogP contribution < -0.4 is 0 Å². The zero-order valence-corrected chi connectivity index (χ0v) is 9.40. The normalized spacial score (nSPS) is 10.4. The Labute approximate surface area is 90.9 Å². The minimum absolute atomic E-state index is 1.01. The van der Waals surface area contributed by atoms with Crippen molar-refractivity contribution in [2.24, 2.45) is 0 Å². The molecule has 3 nitrogen and oxygen atoms in total. The van der Waals surface area contributed by atoms with E-state index in [9.17, 15) is 0 Å². The van der Waals surface area contributed by atoms with Crippen LogP contribution >= 0.6 is 15.9 Å². The maximum absolute atomic E-state index is 3.94. The second-order valence-electron chi connectivity index (χ2n) is 2.99. The summed E-state index contributed by atoms with van der Waals surface area (Å²) in [5.41, 5.74) is 2.32. The predicted octanol–water partition coefficient (Wildman–Crippen LogP) is 2.59. The Morgan fingerprint density at radius 3 is 2.86 bits per heavy atom. The van der Waals surface area contributed by atoms with Crippen molar-refractivity contribution in [1.29, 1.82) is 0 Å². The van der Waals surface area contributed by atoms with Gasteiger partial charge in [0.15, 0.2) is 0 Å². The van der Waals surface area contributed by atoms with Crippen LogP contribution in [0.4, 0.5) is 0 Å². The second-order valence-corrected chi connectivity index (χ2v) is 3.84. The van der Waals surface area contributed by atoms with Gasteiger partial charge in [0.05, 0.1) is 18.1 Å². The van der Waals surface area contributed by atoms with Gasteiger partial charge in [0, 0.05) is 4.47 Å². The average Bonchev–Trinajstić information content (AvgIpc) is 2.70. The largest absolute Gasteiger partial charge is 0.220 e. The summed E-state index contributed by atoms with van der Waals surface area (Å²) in [6, 6.07) is 6.25. The van der Waals surface area contributed by atoms with E-state index in [1.807, 2.05) is 12.3 Å². The number of halogens is 1. The topological polar surface area (TPSA) is 30.7 Å². The van der Waals surface area contributed by atoms with Gasteiger partial charge in [-0.2, -0.15) is 0 Å². The zero-order chi connectivity index (χ0) is 9.97. The van der Waals surface area contributed by atoms with Gasteiger partial charge < -0.3 is 0 Å². The van der Waals surface area contributed by atoms with E-state index in [2.05, 4.69) is 45.3 Å². The van der Waals surface area contributed by atoms with E-state index in [1.54, 1.807) is 10.9 Å². The molecule has 1 aromatic carbocycles. The molecule has 0 N–H and O–H groups in total. The number of aryl methyl sites for hydroxylation is 1. The summed E-state index contributed by atoms with van der Waals surface area (Å²) in [6.45, 7) is 2.14. The van der Waals surface area contributed by atoms with Gasteiger partial charge >= 0.3 is 0 Å². The Kier molecular flexibility index (Phi) is 2.63. The minimum Gasteiger partial charge on any atom is -0.220 e. The molecule has 4 heteroatoms. The van der Waals surface area contributed by atoms with Crippen LogP contribution in [0.5, 0.6) is 0 Å². The van der Waals surface area contributed by atoms with Crippen LogP contribution in [0.2, 0.25) is 0 Å². The molecule has 0 unspecified atom stereocenters. The van der Waals surface area contributed by atoms with Gasteiger partial charge in [-0.15, -0.1) is 5.10 Å². The number of rotatable bonds is 2. The van der Waals surface area contributed by atoms with Crippen LogP contribution in [0.15, 0.2) is 35.1 Å². The lowest BCUT2D eigenvalue weighted by Crippen LogP contribution is -1.96. The molecule has 0 saturated carbocycles. The van der Waals surface area contributed by atoms with Crippen molar-refractivity contribution < 1.29 is 0 Å². The number of benzene rings is 1. The summed E-state index contributed by atoms with van der Waals surface area (Å²) in [7, 11) is 0. The summed E-state index contributed by atoms with van der Waals surface area (Å²) in [5, 5.41) is 7.71.